The zero-order valence-corrected chi connectivity index (χ0v) is 12.9. The van der Waals surface area contributed by atoms with Gasteiger partial charge in [0.2, 0.25) is 11.9 Å². The highest BCUT2D eigenvalue weighted by Gasteiger charge is 2.13. The Hall–Kier alpha value is -3.55. The summed E-state index contributed by atoms with van der Waals surface area (Å²) in [6.07, 6.45) is 2.99. The average Bonchev–Trinajstić information content (AvgIpc) is 2.56. The molecule has 0 aliphatic carbocycles. The predicted octanol–water partition coefficient (Wildman–Crippen LogP) is 2.16. The molecular weight excluding hydrogens is 306 g/mol. The molecule has 2 aromatic heterocycles. The van der Waals surface area contributed by atoms with Crippen molar-refractivity contribution in [1.82, 2.24) is 19.9 Å². The molecule has 0 aliphatic heterocycles. The molecular formula is C16H15N7O. The topological polar surface area (TPSA) is 119 Å². The second-order valence-electron chi connectivity index (χ2n) is 4.96. The summed E-state index contributed by atoms with van der Waals surface area (Å²) in [6, 6.07) is 11.1. The highest BCUT2D eigenvalue weighted by Crippen LogP contribution is 2.20. The Balaban J connectivity index is 1.92. The second kappa shape index (κ2) is 6.69. The summed E-state index contributed by atoms with van der Waals surface area (Å²) >= 11 is 0. The van der Waals surface area contributed by atoms with Gasteiger partial charge >= 0.3 is 0 Å². The van der Waals surface area contributed by atoms with E-state index in [1.165, 1.54) is 6.20 Å². The second-order valence-corrected chi connectivity index (χ2v) is 4.96. The summed E-state index contributed by atoms with van der Waals surface area (Å²) in [7, 11) is 0. The number of carbonyl (C=O) groups excluding carboxylic acids is 1. The van der Waals surface area contributed by atoms with Crippen LogP contribution in [0.4, 0.5) is 23.4 Å². The van der Waals surface area contributed by atoms with Crippen molar-refractivity contribution in [2.75, 3.05) is 10.6 Å². The predicted molar refractivity (Wildman–Crippen MR) is 90.3 cm³/mol. The molecule has 2 heterocycles. The van der Waals surface area contributed by atoms with E-state index in [0.29, 0.717) is 11.8 Å². The van der Waals surface area contributed by atoms with Gasteiger partial charge in [-0.05, 0) is 25.1 Å². The molecule has 8 heteroatoms. The van der Waals surface area contributed by atoms with Gasteiger partial charge in [0.05, 0.1) is 0 Å². The molecule has 0 atom stereocenters. The van der Waals surface area contributed by atoms with Crippen LogP contribution in [-0.2, 0) is 0 Å². The number of hydrogen-bond donors (Lipinski definition) is 3. The monoisotopic (exact) mass is 321 g/mol. The molecule has 8 nitrogen and oxygen atoms in total. The van der Waals surface area contributed by atoms with E-state index in [4.69, 9.17) is 5.73 Å². The summed E-state index contributed by atoms with van der Waals surface area (Å²) in [5.41, 5.74) is 7.16. The smallest absolute Gasteiger partial charge is 0.254 e. The first kappa shape index (κ1) is 15.3. The van der Waals surface area contributed by atoms with Crippen molar-refractivity contribution in [2.45, 2.75) is 6.92 Å². The molecule has 4 N–H and O–H groups in total. The van der Waals surface area contributed by atoms with Crippen LogP contribution in [0, 0.1) is 6.92 Å². The number of primary amides is 1. The summed E-state index contributed by atoms with van der Waals surface area (Å²) in [5.74, 6) is 0.308. The van der Waals surface area contributed by atoms with E-state index >= 15 is 0 Å². The van der Waals surface area contributed by atoms with E-state index in [0.717, 1.165) is 11.4 Å². The number of aryl methyl sites for hydroxylation is 1. The summed E-state index contributed by atoms with van der Waals surface area (Å²) < 4.78 is 0. The number of anilines is 4. The van der Waals surface area contributed by atoms with E-state index in [-0.39, 0.29) is 11.5 Å². The van der Waals surface area contributed by atoms with E-state index in [1.54, 1.807) is 12.3 Å². The number of nitrogens with zero attached hydrogens (tertiary/aromatic N) is 4. The van der Waals surface area contributed by atoms with Gasteiger partial charge in [0, 0.05) is 23.8 Å². The molecule has 0 saturated heterocycles. The third-order valence-electron chi connectivity index (χ3n) is 3.11. The number of rotatable bonds is 5. The Bertz CT molecular complexity index is 867. The SMILES string of the molecule is Cc1ccnc(Nc2ncc(C(N)=O)c(Nc3ccccc3)n2)n1. The van der Waals surface area contributed by atoms with Gasteiger partial charge in [-0.15, -0.1) is 0 Å². The number of para-hydroxylation sites is 1. The van der Waals surface area contributed by atoms with Crippen LogP contribution in [0.15, 0.2) is 48.8 Å². The first-order valence-electron chi connectivity index (χ1n) is 7.17. The maximum Gasteiger partial charge on any atom is 0.254 e. The van der Waals surface area contributed by atoms with Gasteiger partial charge in [-0.25, -0.2) is 15.0 Å². The van der Waals surface area contributed by atoms with E-state index in [1.807, 2.05) is 37.3 Å². The number of carbonyl (C=O) groups is 1. The van der Waals surface area contributed by atoms with Crippen LogP contribution < -0.4 is 16.4 Å². The van der Waals surface area contributed by atoms with Gasteiger partial charge in [-0.1, -0.05) is 18.2 Å². The molecule has 0 fully saturated rings. The Kier molecular flexibility index (Phi) is 4.28. The fourth-order valence-corrected chi connectivity index (χ4v) is 1.99. The van der Waals surface area contributed by atoms with E-state index in [2.05, 4.69) is 30.6 Å². The number of hydrogen-bond acceptors (Lipinski definition) is 7. The number of aromatic nitrogens is 4. The van der Waals surface area contributed by atoms with Crippen molar-refractivity contribution in [2.24, 2.45) is 5.73 Å². The Morgan fingerprint density at radius 3 is 2.46 bits per heavy atom. The lowest BCUT2D eigenvalue weighted by molar-refractivity contribution is 0.100. The van der Waals surface area contributed by atoms with Gasteiger partial charge in [0.15, 0.2) is 0 Å². The van der Waals surface area contributed by atoms with Crippen molar-refractivity contribution in [1.29, 1.82) is 0 Å². The van der Waals surface area contributed by atoms with Gasteiger partial charge in [0.1, 0.15) is 11.4 Å². The first-order chi connectivity index (χ1) is 11.6. The molecule has 0 spiro atoms. The minimum atomic E-state index is -0.619. The summed E-state index contributed by atoms with van der Waals surface area (Å²) in [6.45, 7) is 1.85. The lowest BCUT2D eigenvalue weighted by Gasteiger charge is -2.11. The minimum Gasteiger partial charge on any atom is -0.365 e. The summed E-state index contributed by atoms with van der Waals surface area (Å²) in [5, 5.41) is 5.96. The largest absolute Gasteiger partial charge is 0.365 e. The normalized spacial score (nSPS) is 10.2. The molecule has 0 unspecified atom stereocenters. The van der Waals surface area contributed by atoms with Crippen molar-refractivity contribution in [3.05, 3.63) is 60.0 Å². The number of amides is 1. The number of nitrogens with one attached hydrogen (secondary N) is 2. The van der Waals surface area contributed by atoms with Crippen molar-refractivity contribution >= 4 is 29.3 Å². The minimum absolute atomic E-state index is 0.189. The van der Waals surface area contributed by atoms with Gasteiger partial charge in [0.25, 0.3) is 5.91 Å². The van der Waals surface area contributed by atoms with Crippen LogP contribution in [-0.4, -0.2) is 25.8 Å². The summed E-state index contributed by atoms with van der Waals surface area (Å²) in [4.78, 5) is 28.3. The lowest BCUT2D eigenvalue weighted by atomic mass is 10.2. The Morgan fingerprint density at radius 1 is 1.00 bits per heavy atom. The van der Waals surface area contributed by atoms with Crippen molar-refractivity contribution in [3.8, 4) is 0 Å². The standard InChI is InChI=1S/C16H15N7O/c1-10-7-8-18-15(20-10)23-16-19-9-12(13(17)24)14(22-16)21-11-5-3-2-4-6-11/h2-9H,1H3,(H2,17,24)(H2,18,19,20,21,22,23). The lowest BCUT2D eigenvalue weighted by Crippen LogP contribution is -2.16. The molecule has 24 heavy (non-hydrogen) atoms. The van der Waals surface area contributed by atoms with Gasteiger partial charge in [-0.2, -0.15) is 4.98 Å². The third kappa shape index (κ3) is 3.61. The molecule has 1 aromatic carbocycles. The average molecular weight is 321 g/mol. The first-order valence-corrected chi connectivity index (χ1v) is 7.17. The Labute approximate surface area is 138 Å². The number of nitrogens with two attached hydrogens (primary N) is 1. The van der Waals surface area contributed by atoms with Crippen LogP contribution in [0.3, 0.4) is 0 Å². The molecule has 0 bridgehead atoms. The van der Waals surface area contributed by atoms with Crippen LogP contribution in [0.2, 0.25) is 0 Å². The fraction of sp³-hybridized carbons (Fsp3) is 0.0625. The molecule has 1 amide bonds. The quantitative estimate of drug-likeness (QED) is 0.658. The fourth-order valence-electron chi connectivity index (χ4n) is 1.99. The van der Waals surface area contributed by atoms with Crippen LogP contribution >= 0.6 is 0 Å². The molecule has 0 saturated carbocycles. The zero-order chi connectivity index (χ0) is 16.9. The van der Waals surface area contributed by atoms with Gasteiger partial charge < -0.3 is 11.1 Å². The highest BCUT2D eigenvalue weighted by atomic mass is 16.1. The van der Waals surface area contributed by atoms with E-state index in [9.17, 15) is 4.79 Å². The van der Waals surface area contributed by atoms with Crippen molar-refractivity contribution in [3.63, 3.8) is 0 Å². The Morgan fingerprint density at radius 2 is 1.75 bits per heavy atom. The molecule has 3 rings (SSSR count). The molecule has 3 aromatic rings. The highest BCUT2D eigenvalue weighted by molar-refractivity contribution is 5.98. The molecule has 0 aliphatic rings. The van der Waals surface area contributed by atoms with Crippen LogP contribution in [0.5, 0.6) is 0 Å². The molecule has 120 valence electrons. The van der Waals surface area contributed by atoms with Crippen LogP contribution in [0.25, 0.3) is 0 Å². The molecule has 0 radical (unpaired) electrons. The van der Waals surface area contributed by atoms with Crippen LogP contribution in [0.1, 0.15) is 16.1 Å². The zero-order valence-electron chi connectivity index (χ0n) is 12.9. The van der Waals surface area contributed by atoms with E-state index < -0.39 is 5.91 Å². The maximum atomic E-state index is 11.6. The van der Waals surface area contributed by atoms with Gasteiger partial charge in [-0.3, -0.25) is 10.1 Å². The number of benzene rings is 1. The maximum absolute atomic E-state index is 11.6. The third-order valence-corrected chi connectivity index (χ3v) is 3.11. The van der Waals surface area contributed by atoms with Crippen molar-refractivity contribution < 1.29 is 4.79 Å².